The molecule has 5 nitrogen and oxygen atoms in total. The van der Waals surface area contributed by atoms with Gasteiger partial charge in [0.15, 0.2) is 5.13 Å². The lowest BCUT2D eigenvalue weighted by molar-refractivity contribution is 0.527. The molecule has 0 amide bonds. The van der Waals surface area contributed by atoms with Crippen LogP contribution in [0.5, 0.6) is 0 Å². The fourth-order valence-corrected chi connectivity index (χ4v) is 5.00. The third-order valence-electron chi connectivity index (χ3n) is 5.84. The van der Waals surface area contributed by atoms with Crippen LogP contribution in [0.2, 0.25) is 0 Å². The van der Waals surface area contributed by atoms with E-state index in [9.17, 15) is 4.79 Å². The molecule has 3 aromatic rings. The Hall–Kier alpha value is -2.21. The molecule has 5 rings (SSSR count). The number of hydrogen-bond donors (Lipinski definition) is 0. The maximum absolute atomic E-state index is 13.3. The third-order valence-corrected chi connectivity index (χ3v) is 6.95. The lowest BCUT2D eigenvalue weighted by Crippen LogP contribution is -2.32. The highest BCUT2D eigenvalue weighted by atomic mass is 32.1. The lowest BCUT2D eigenvalue weighted by atomic mass is 10.1. The maximum Gasteiger partial charge on any atom is 0.261 e. The minimum absolute atomic E-state index is 0.112. The van der Waals surface area contributed by atoms with Gasteiger partial charge in [0.1, 0.15) is 5.82 Å². The Morgan fingerprint density at radius 1 is 1.15 bits per heavy atom. The highest BCUT2D eigenvalue weighted by Gasteiger charge is 2.34. The molecule has 1 aliphatic heterocycles. The van der Waals surface area contributed by atoms with E-state index in [1.807, 2.05) is 28.8 Å². The van der Waals surface area contributed by atoms with Gasteiger partial charge in [0.2, 0.25) is 0 Å². The molecule has 1 saturated carbocycles. The minimum Gasteiger partial charge on any atom is -0.338 e. The van der Waals surface area contributed by atoms with Crippen molar-refractivity contribution in [1.82, 2.24) is 14.5 Å². The van der Waals surface area contributed by atoms with Crippen LogP contribution in [0, 0.1) is 19.8 Å². The highest BCUT2D eigenvalue weighted by molar-refractivity contribution is 7.15. The van der Waals surface area contributed by atoms with E-state index in [0.717, 1.165) is 53.5 Å². The molecule has 2 aromatic heterocycles. The molecule has 0 spiro atoms. The quantitative estimate of drug-likeness (QED) is 0.680. The predicted octanol–water partition coefficient (Wildman–Crippen LogP) is 4.22. The number of thiazole rings is 1. The number of benzene rings is 1. The van der Waals surface area contributed by atoms with E-state index in [1.165, 1.54) is 17.7 Å². The first kappa shape index (κ1) is 16.9. The Morgan fingerprint density at radius 2 is 1.96 bits per heavy atom. The second-order valence-electron chi connectivity index (χ2n) is 7.84. The first-order valence-electron chi connectivity index (χ1n) is 9.82. The van der Waals surface area contributed by atoms with E-state index in [0.29, 0.717) is 5.92 Å². The van der Waals surface area contributed by atoms with Crippen molar-refractivity contribution in [3.8, 4) is 0 Å². The van der Waals surface area contributed by atoms with E-state index < -0.39 is 0 Å². The smallest absolute Gasteiger partial charge is 0.261 e. The fraction of sp³-hybridized carbons (Fsp3) is 0.476. The summed E-state index contributed by atoms with van der Waals surface area (Å²) in [6.07, 6.45) is 4.57. The van der Waals surface area contributed by atoms with Gasteiger partial charge in [0.25, 0.3) is 5.56 Å². The van der Waals surface area contributed by atoms with Crippen molar-refractivity contribution in [1.29, 1.82) is 0 Å². The van der Waals surface area contributed by atoms with Crippen LogP contribution in [-0.4, -0.2) is 21.1 Å². The number of anilines is 1. The summed E-state index contributed by atoms with van der Waals surface area (Å²) >= 11 is 1.75. The van der Waals surface area contributed by atoms with Crippen molar-refractivity contribution >= 4 is 27.4 Å². The molecule has 140 valence electrons. The average molecular weight is 381 g/mol. The number of rotatable bonds is 4. The van der Waals surface area contributed by atoms with Gasteiger partial charge in [0, 0.05) is 18.0 Å². The second-order valence-corrected chi connectivity index (χ2v) is 9.02. The normalized spacial score (nSPS) is 19.9. The second kappa shape index (κ2) is 6.44. The van der Waals surface area contributed by atoms with Crippen LogP contribution < -0.4 is 10.5 Å². The van der Waals surface area contributed by atoms with Crippen LogP contribution in [-0.2, 0) is 6.54 Å². The Bertz CT molecular complexity index is 1050. The molecule has 2 fully saturated rings. The topological polar surface area (TPSA) is 51.0 Å². The summed E-state index contributed by atoms with van der Waals surface area (Å²) in [5, 5.41) is 1.79. The Labute approximate surface area is 162 Å². The fourth-order valence-electron chi connectivity index (χ4n) is 4.02. The van der Waals surface area contributed by atoms with Crippen molar-refractivity contribution in [2.45, 2.75) is 52.1 Å². The first-order valence-corrected chi connectivity index (χ1v) is 10.6. The van der Waals surface area contributed by atoms with E-state index in [2.05, 4.69) is 18.7 Å². The van der Waals surface area contributed by atoms with E-state index in [4.69, 9.17) is 9.97 Å². The zero-order valence-corrected chi connectivity index (χ0v) is 16.6. The molecule has 1 saturated heterocycles. The molecule has 27 heavy (non-hydrogen) atoms. The lowest BCUT2D eigenvalue weighted by Gasteiger charge is -2.26. The maximum atomic E-state index is 13.3. The molecular formula is C21H24N4OS. The number of nitrogens with zero attached hydrogens (tertiary/aromatic N) is 4. The van der Waals surface area contributed by atoms with E-state index in [-0.39, 0.29) is 11.6 Å². The molecule has 0 bridgehead atoms. The van der Waals surface area contributed by atoms with Crippen molar-refractivity contribution < 1.29 is 0 Å². The summed E-state index contributed by atoms with van der Waals surface area (Å²) in [7, 11) is 0. The number of para-hydroxylation sites is 1. The van der Waals surface area contributed by atoms with E-state index in [1.54, 1.807) is 11.3 Å². The molecule has 3 heterocycles. The summed E-state index contributed by atoms with van der Waals surface area (Å²) in [6, 6.07) is 7.88. The SMILES string of the molecule is Cc1nc(N2CCCC2c2nc3ccccc3c(=O)n2CC2CC2)sc1C. The molecule has 0 N–H and O–H groups in total. The monoisotopic (exact) mass is 380 g/mol. The summed E-state index contributed by atoms with van der Waals surface area (Å²) in [6.45, 7) is 5.96. The van der Waals surface area contributed by atoms with Crippen molar-refractivity contribution in [3.05, 3.63) is 51.0 Å². The molecule has 6 heteroatoms. The predicted molar refractivity (Wildman–Crippen MR) is 110 cm³/mol. The average Bonchev–Trinajstić information content (AvgIpc) is 3.24. The summed E-state index contributed by atoms with van der Waals surface area (Å²) in [5.74, 6) is 1.55. The molecule has 1 atom stereocenters. The van der Waals surface area contributed by atoms with Crippen molar-refractivity contribution in [2.75, 3.05) is 11.4 Å². The van der Waals surface area contributed by atoms with Gasteiger partial charge in [-0.1, -0.05) is 12.1 Å². The molecular weight excluding hydrogens is 356 g/mol. The Kier molecular flexibility index (Phi) is 4.04. The highest BCUT2D eigenvalue weighted by Crippen LogP contribution is 2.39. The van der Waals surface area contributed by atoms with Gasteiger partial charge in [-0.05, 0) is 57.6 Å². The van der Waals surface area contributed by atoms with Crippen LogP contribution in [0.15, 0.2) is 29.1 Å². The van der Waals surface area contributed by atoms with Gasteiger partial charge < -0.3 is 4.90 Å². The largest absolute Gasteiger partial charge is 0.338 e. The van der Waals surface area contributed by atoms with Gasteiger partial charge in [-0.2, -0.15) is 0 Å². The summed E-state index contributed by atoms with van der Waals surface area (Å²) in [4.78, 5) is 26.7. The number of aromatic nitrogens is 3. The zero-order chi connectivity index (χ0) is 18.5. The minimum atomic E-state index is 0.112. The van der Waals surface area contributed by atoms with Crippen LogP contribution in [0.1, 0.15) is 48.1 Å². The van der Waals surface area contributed by atoms with Gasteiger partial charge in [-0.25, -0.2) is 9.97 Å². The van der Waals surface area contributed by atoms with Crippen LogP contribution >= 0.6 is 11.3 Å². The van der Waals surface area contributed by atoms with Gasteiger partial charge in [0.05, 0.1) is 22.6 Å². The third kappa shape index (κ3) is 2.96. The number of aryl methyl sites for hydroxylation is 2. The summed E-state index contributed by atoms with van der Waals surface area (Å²) in [5.41, 5.74) is 2.02. The van der Waals surface area contributed by atoms with Crippen LogP contribution in [0.4, 0.5) is 5.13 Å². The Balaban J connectivity index is 1.65. The summed E-state index contributed by atoms with van der Waals surface area (Å²) < 4.78 is 1.97. The standard InChI is InChI=1S/C21H24N4OS/c1-13-14(2)27-21(22-13)24-11-5-8-18(24)19-23-17-7-4-3-6-16(17)20(26)25(19)12-15-9-10-15/h3-4,6-7,15,18H,5,8-12H2,1-2H3. The van der Waals surface area contributed by atoms with E-state index >= 15 is 0 Å². The van der Waals surface area contributed by atoms with Gasteiger partial charge >= 0.3 is 0 Å². The van der Waals surface area contributed by atoms with Crippen molar-refractivity contribution in [2.24, 2.45) is 5.92 Å². The number of hydrogen-bond acceptors (Lipinski definition) is 5. The Morgan fingerprint density at radius 3 is 2.70 bits per heavy atom. The molecule has 1 aliphatic carbocycles. The van der Waals surface area contributed by atoms with Crippen LogP contribution in [0.3, 0.4) is 0 Å². The van der Waals surface area contributed by atoms with Crippen molar-refractivity contribution in [3.63, 3.8) is 0 Å². The molecule has 2 aliphatic rings. The molecule has 1 unspecified atom stereocenters. The molecule has 0 radical (unpaired) electrons. The van der Waals surface area contributed by atoms with Gasteiger partial charge in [-0.15, -0.1) is 11.3 Å². The molecule has 1 aromatic carbocycles. The number of fused-ring (bicyclic) bond motifs is 1. The first-order chi connectivity index (χ1) is 13.1. The zero-order valence-electron chi connectivity index (χ0n) is 15.8. The van der Waals surface area contributed by atoms with Gasteiger partial charge in [-0.3, -0.25) is 9.36 Å². The van der Waals surface area contributed by atoms with Crippen LogP contribution in [0.25, 0.3) is 10.9 Å².